The van der Waals surface area contributed by atoms with E-state index in [1.807, 2.05) is 32.2 Å². The Morgan fingerprint density at radius 3 is 2.82 bits per heavy atom. The van der Waals surface area contributed by atoms with Gasteiger partial charge in [0.15, 0.2) is 4.96 Å². The maximum absolute atomic E-state index is 12.1. The molecule has 0 amide bonds. The Bertz CT molecular complexity index is 875. The monoisotopic (exact) mass is 317 g/mol. The number of hydrogen-bond acceptors (Lipinski definition) is 5. The molecule has 0 aliphatic heterocycles. The second-order valence-corrected chi connectivity index (χ2v) is 6.39. The first kappa shape index (κ1) is 15.0. The number of nitrogens with one attached hydrogen (secondary N) is 1. The summed E-state index contributed by atoms with van der Waals surface area (Å²) in [6, 6.07) is 3.78. The normalized spacial score (nSPS) is 12.9. The zero-order valence-electron chi connectivity index (χ0n) is 13.1. The molecule has 6 heteroatoms. The molecule has 3 heterocycles. The van der Waals surface area contributed by atoms with Gasteiger partial charge in [-0.25, -0.2) is 4.98 Å². The van der Waals surface area contributed by atoms with E-state index in [1.54, 1.807) is 10.5 Å². The van der Waals surface area contributed by atoms with E-state index < -0.39 is 0 Å². The van der Waals surface area contributed by atoms with Crippen molar-refractivity contribution in [3.8, 4) is 0 Å². The van der Waals surface area contributed by atoms with Crippen LogP contribution in [0.4, 0.5) is 0 Å². The van der Waals surface area contributed by atoms with Crippen molar-refractivity contribution >= 4 is 16.3 Å². The Balaban J connectivity index is 1.79. The van der Waals surface area contributed by atoms with Gasteiger partial charge in [0.2, 0.25) is 0 Å². The van der Waals surface area contributed by atoms with Crippen molar-refractivity contribution in [1.29, 1.82) is 0 Å². The molecule has 1 atom stereocenters. The largest absolute Gasteiger partial charge is 0.466 e. The van der Waals surface area contributed by atoms with Crippen molar-refractivity contribution in [1.82, 2.24) is 14.7 Å². The molecular weight excluding hydrogens is 298 g/mol. The Kier molecular flexibility index (Phi) is 3.88. The summed E-state index contributed by atoms with van der Waals surface area (Å²) in [7, 11) is 0. The summed E-state index contributed by atoms with van der Waals surface area (Å²) in [6.07, 6.45) is 0. The van der Waals surface area contributed by atoms with Gasteiger partial charge in [0.05, 0.1) is 5.69 Å². The molecule has 116 valence electrons. The lowest BCUT2D eigenvalue weighted by atomic mass is 10.1. The van der Waals surface area contributed by atoms with Crippen molar-refractivity contribution in [2.45, 2.75) is 40.3 Å². The molecule has 0 bridgehead atoms. The smallest absolute Gasteiger partial charge is 0.259 e. The van der Waals surface area contributed by atoms with Crippen molar-refractivity contribution in [2.75, 3.05) is 0 Å². The second kappa shape index (κ2) is 5.70. The topological polar surface area (TPSA) is 59.5 Å². The molecule has 0 aromatic carbocycles. The summed E-state index contributed by atoms with van der Waals surface area (Å²) in [6.45, 7) is 8.45. The number of aromatic nitrogens is 2. The van der Waals surface area contributed by atoms with Gasteiger partial charge in [0, 0.05) is 35.3 Å². The zero-order chi connectivity index (χ0) is 15.9. The van der Waals surface area contributed by atoms with Gasteiger partial charge in [0.25, 0.3) is 5.56 Å². The summed E-state index contributed by atoms with van der Waals surface area (Å²) in [5, 5.41) is 5.35. The summed E-state index contributed by atoms with van der Waals surface area (Å²) in [4.78, 5) is 17.4. The summed E-state index contributed by atoms with van der Waals surface area (Å²) < 4.78 is 7.20. The Morgan fingerprint density at radius 2 is 2.14 bits per heavy atom. The van der Waals surface area contributed by atoms with Crippen LogP contribution < -0.4 is 10.9 Å². The highest BCUT2D eigenvalue weighted by Crippen LogP contribution is 2.21. The van der Waals surface area contributed by atoms with E-state index in [4.69, 9.17) is 4.42 Å². The van der Waals surface area contributed by atoms with Gasteiger partial charge in [-0.3, -0.25) is 9.20 Å². The van der Waals surface area contributed by atoms with Gasteiger partial charge >= 0.3 is 0 Å². The number of nitrogens with zero attached hydrogens (tertiary/aromatic N) is 2. The van der Waals surface area contributed by atoms with Crippen LogP contribution in [-0.2, 0) is 6.54 Å². The lowest BCUT2D eigenvalue weighted by Crippen LogP contribution is -2.22. The highest BCUT2D eigenvalue weighted by Gasteiger charge is 2.13. The number of furan rings is 1. The van der Waals surface area contributed by atoms with E-state index in [2.05, 4.69) is 17.2 Å². The van der Waals surface area contributed by atoms with Gasteiger partial charge in [-0.15, -0.1) is 11.3 Å². The van der Waals surface area contributed by atoms with Crippen LogP contribution in [0.5, 0.6) is 0 Å². The standard InChI is InChI=1S/C16H19N3O2S/c1-9-8-22-16-18-13(6-15(20)19(9)16)7-17-11(3)14-5-10(2)21-12(14)4/h5-6,8,11,17H,7H2,1-4H3. The van der Waals surface area contributed by atoms with Gasteiger partial charge in [0.1, 0.15) is 11.5 Å². The molecule has 3 aromatic rings. The van der Waals surface area contributed by atoms with Crippen LogP contribution in [0.1, 0.15) is 41.4 Å². The van der Waals surface area contributed by atoms with E-state index >= 15 is 0 Å². The minimum Gasteiger partial charge on any atom is -0.466 e. The molecule has 0 fully saturated rings. The Morgan fingerprint density at radius 1 is 1.36 bits per heavy atom. The van der Waals surface area contributed by atoms with Gasteiger partial charge in [-0.2, -0.15) is 0 Å². The third-order valence-electron chi connectivity index (χ3n) is 3.76. The number of rotatable bonds is 4. The number of aryl methyl sites for hydroxylation is 3. The predicted octanol–water partition coefficient (Wildman–Crippen LogP) is 3.13. The third kappa shape index (κ3) is 2.71. The highest BCUT2D eigenvalue weighted by molar-refractivity contribution is 7.15. The first-order valence-electron chi connectivity index (χ1n) is 7.23. The van der Waals surface area contributed by atoms with Crippen molar-refractivity contribution in [3.05, 3.63) is 56.3 Å². The van der Waals surface area contributed by atoms with Crippen LogP contribution in [0.15, 0.2) is 26.7 Å². The van der Waals surface area contributed by atoms with Crippen LogP contribution in [-0.4, -0.2) is 9.38 Å². The molecular formula is C16H19N3O2S. The summed E-state index contributed by atoms with van der Waals surface area (Å²) in [5.74, 6) is 1.84. The molecule has 1 N–H and O–H groups in total. The van der Waals surface area contributed by atoms with E-state index in [1.165, 1.54) is 11.3 Å². The Labute approximate surface area is 132 Å². The third-order valence-corrected chi connectivity index (χ3v) is 4.71. The second-order valence-electron chi connectivity index (χ2n) is 5.55. The van der Waals surface area contributed by atoms with Crippen molar-refractivity contribution < 1.29 is 4.42 Å². The highest BCUT2D eigenvalue weighted by atomic mass is 32.1. The zero-order valence-corrected chi connectivity index (χ0v) is 14.0. The summed E-state index contributed by atoms with van der Waals surface area (Å²) in [5.41, 5.74) is 2.80. The number of fused-ring (bicyclic) bond motifs is 1. The molecule has 5 nitrogen and oxygen atoms in total. The maximum atomic E-state index is 12.1. The van der Waals surface area contributed by atoms with E-state index in [0.29, 0.717) is 6.54 Å². The fourth-order valence-electron chi connectivity index (χ4n) is 2.64. The van der Waals surface area contributed by atoms with E-state index in [-0.39, 0.29) is 11.6 Å². The average molecular weight is 317 g/mol. The molecule has 0 saturated carbocycles. The Hall–Kier alpha value is -1.92. The quantitative estimate of drug-likeness (QED) is 0.803. The predicted molar refractivity (Wildman–Crippen MR) is 87.5 cm³/mol. The van der Waals surface area contributed by atoms with Crippen molar-refractivity contribution in [2.24, 2.45) is 0 Å². The minimum atomic E-state index is -0.0245. The first-order chi connectivity index (χ1) is 10.5. The maximum Gasteiger partial charge on any atom is 0.259 e. The van der Waals surface area contributed by atoms with E-state index in [0.717, 1.165) is 33.4 Å². The number of hydrogen-bond donors (Lipinski definition) is 1. The van der Waals surface area contributed by atoms with Crippen LogP contribution >= 0.6 is 11.3 Å². The van der Waals surface area contributed by atoms with Crippen LogP contribution in [0, 0.1) is 20.8 Å². The summed E-state index contributed by atoms with van der Waals surface area (Å²) >= 11 is 1.49. The molecule has 0 saturated heterocycles. The van der Waals surface area contributed by atoms with Crippen molar-refractivity contribution in [3.63, 3.8) is 0 Å². The minimum absolute atomic E-state index is 0.0245. The average Bonchev–Trinajstić information content (AvgIpc) is 2.99. The molecule has 0 aliphatic carbocycles. The lowest BCUT2D eigenvalue weighted by molar-refractivity contribution is 0.489. The molecule has 22 heavy (non-hydrogen) atoms. The van der Waals surface area contributed by atoms with Gasteiger partial charge in [-0.1, -0.05) is 0 Å². The van der Waals surface area contributed by atoms with Gasteiger partial charge < -0.3 is 9.73 Å². The first-order valence-corrected chi connectivity index (χ1v) is 8.11. The molecule has 0 spiro atoms. The molecule has 3 rings (SSSR count). The fraction of sp³-hybridized carbons (Fsp3) is 0.375. The fourth-order valence-corrected chi connectivity index (χ4v) is 3.53. The van der Waals surface area contributed by atoms with Crippen LogP contribution in [0.3, 0.4) is 0 Å². The van der Waals surface area contributed by atoms with Crippen LogP contribution in [0.25, 0.3) is 4.96 Å². The molecule has 0 aliphatic rings. The SMILES string of the molecule is Cc1cc(C(C)NCc2cc(=O)n3c(C)csc3n2)c(C)o1. The lowest BCUT2D eigenvalue weighted by Gasteiger charge is -2.12. The molecule has 1 unspecified atom stereocenters. The van der Waals surface area contributed by atoms with E-state index in [9.17, 15) is 4.79 Å². The van der Waals surface area contributed by atoms with Gasteiger partial charge in [-0.05, 0) is 33.8 Å². The molecule has 0 radical (unpaired) electrons. The molecule has 3 aromatic heterocycles. The van der Waals surface area contributed by atoms with Crippen LogP contribution in [0.2, 0.25) is 0 Å². The number of thiazole rings is 1.